The van der Waals surface area contributed by atoms with Crippen molar-refractivity contribution in [2.75, 3.05) is 10.9 Å². The summed E-state index contributed by atoms with van der Waals surface area (Å²) >= 11 is 0. The summed E-state index contributed by atoms with van der Waals surface area (Å²) < 4.78 is 0. The van der Waals surface area contributed by atoms with Crippen molar-refractivity contribution < 1.29 is 19.9 Å². The van der Waals surface area contributed by atoms with Gasteiger partial charge in [-0.1, -0.05) is 20.8 Å². The Morgan fingerprint density at radius 3 is 1.35 bits per heavy atom. The molecule has 0 aromatic carbocycles. The number of fused-ring (bicyclic) bond motifs is 2. The molecular weight excluding hydrogens is 472 g/mol. The highest BCUT2D eigenvalue weighted by Crippen LogP contribution is 2.31. The number of aromatic amines is 2. The van der Waals surface area contributed by atoms with Crippen LogP contribution in [0.25, 0.3) is 22.1 Å². The average Bonchev–Trinajstić information content (AvgIpc) is 3.39. The molecule has 4 N–H and O–H groups in total. The van der Waals surface area contributed by atoms with Crippen LogP contribution < -0.4 is 10.9 Å². The Kier molecular flexibility index (Phi) is 4.89. The second-order valence-corrected chi connectivity index (χ2v) is 5.76. The Balaban J connectivity index is 1.83. The van der Waals surface area contributed by atoms with Gasteiger partial charge in [-0.05, 0) is 9.85 Å². The van der Waals surface area contributed by atoms with Crippen LogP contribution in [-0.2, 0) is 0 Å². The summed E-state index contributed by atoms with van der Waals surface area (Å²) in [5.41, 5.74) is 2.05. The molecule has 0 aliphatic rings. The molecule has 0 saturated carbocycles. The van der Waals surface area contributed by atoms with Crippen LogP contribution in [0.1, 0.15) is 0 Å². The maximum atomic E-state index is 11.0. The highest BCUT2D eigenvalue weighted by molar-refractivity contribution is 5.93. The fourth-order valence-corrected chi connectivity index (χ4v) is 2.51. The average molecular weight is 476 g/mol. The summed E-state index contributed by atoms with van der Waals surface area (Å²) in [7, 11) is 0. The van der Waals surface area contributed by atoms with Gasteiger partial charge in [-0.25, -0.2) is 30.2 Å². The number of azo groups is 1. The maximum Gasteiger partial charge on any atom is 0.433 e. The molecule has 34 heavy (non-hydrogen) atoms. The van der Waals surface area contributed by atoms with Gasteiger partial charge in [0.2, 0.25) is 22.7 Å². The molecule has 0 radical (unpaired) electrons. The van der Waals surface area contributed by atoms with Gasteiger partial charge in [0.05, 0.1) is 0 Å². The number of nitrogens with one attached hydrogen (secondary N) is 4. The maximum absolute atomic E-state index is 11.0. The fraction of sp³-hybridized carbons (Fsp3) is 0. The number of nitro groups is 4. The summed E-state index contributed by atoms with van der Waals surface area (Å²) in [6.07, 6.45) is 0. The third-order valence-electron chi connectivity index (χ3n) is 3.75. The van der Waals surface area contributed by atoms with Gasteiger partial charge < -0.3 is 20.2 Å². The standard InChI is InChI=1S/C10H4N16O8/c27-23(28)9-11-1-3(13-9)7(21-25(31)32)19-17-5(1)15-16-6-2-4(14-10(12-2)24(29)30)8(20-18-6)22-26(33)34/h(H,11,13)(H,12,14)(H,19,21)(H,20,22). The number of hydrazine groups is 2. The predicted molar refractivity (Wildman–Crippen MR) is 102 cm³/mol. The number of anilines is 2. The van der Waals surface area contributed by atoms with Crippen LogP contribution >= 0.6 is 0 Å². The van der Waals surface area contributed by atoms with Crippen LogP contribution in [0.3, 0.4) is 0 Å². The van der Waals surface area contributed by atoms with E-state index < -0.39 is 55.1 Å². The molecule has 24 heteroatoms. The highest BCUT2D eigenvalue weighted by Gasteiger charge is 2.27. The van der Waals surface area contributed by atoms with Crippen molar-refractivity contribution in [2.24, 2.45) is 10.2 Å². The number of hydrogen-bond acceptors (Lipinski definition) is 16. The summed E-state index contributed by atoms with van der Waals surface area (Å²) in [6.45, 7) is 0. The first-order valence-electron chi connectivity index (χ1n) is 8.19. The molecule has 0 bridgehead atoms. The van der Waals surface area contributed by atoms with Gasteiger partial charge in [0.15, 0.2) is 21.1 Å². The normalized spacial score (nSPS) is 11.2. The SMILES string of the molecule is O=[N+]([O-])Nc1nnc(N=Nc2nnc(N[N+](=O)[O-])c3nc([N+](=O)[O-])[nH]c23)c2[nH]c([N+](=O)[O-])nc12. The lowest BCUT2D eigenvalue weighted by atomic mass is 10.4. The lowest BCUT2D eigenvalue weighted by Crippen LogP contribution is -2.10. The van der Waals surface area contributed by atoms with Gasteiger partial charge in [-0.15, -0.1) is 30.6 Å². The Bertz CT molecular complexity index is 1420. The minimum absolute atomic E-state index is 0.277. The topological polar surface area (TPSA) is 330 Å². The van der Waals surface area contributed by atoms with Crippen LogP contribution in [-0.4, -0.2) is 60.2 Å². The molecule has 4 aromatic rings. The summed E-state index contributed by atoms with van der Waals surface area (Å²) in [4.78, 5) is 53.3. The zero-order chi connectivity index (χ0) is 24.6. The fourth-order valence-electron chi connectivity index (χ4n) is 2.51. The molecule has 0 saturated heterocycles. The van der Waals surface area contributed by atoms with Gasteiger partial charge in [0, 0.05) is 0 Å². The summed E-state index contributed by atoms with van der Waals surface area (Å²) in [6, 6.07) is 0. The van der Waals surface area contributed by atoms with E-state index in [0.29, 0.717) is 0 Å². The zero-order valence-electron chi connectivity index (χ0n) is 15.6. The van der Waals surface area contributed by atoms with Crippen molar-refractivity contribution in [1.82, 2.24) is 40.3 Å². The molecule has 4 rings (SSSR count). The molecule has 4 aromatic heterocycles. The number of rotatable bonds is 8. The summed E-state index contributed by atoms with van der Waals surface area (Å²) in [5.74, 6) is -3.58. The smallest absolute Gasteiger partial charge is 0.390 e. The molecule has 0 aliphatic carbocycles. The van der Waals surface area contributed by atoms with E-state index in [0.717, 1.165) is 0 Å². The second kappa shape index (κ2) is 7.86. The third kappa shape index (κ3) is 3.81. The van der Waals surface area contributed by atoms with E-state index in [-0.39, 0.29) is 22.1 Å². The largest absolute Gasteiger partial charge is 0.433 e. The lowest BCUT2D eigenvalue weighted by molar-refractivity contribution is -0.445. The predicted octanol–water partition coefficient (Wildman–Crippen LogP) is 0.458. The van der Waals surface area contributed by atoms with Gasteiger partial charge in [0.25, 0.3) is 11.6 Å². The van der Waals surface area contributed by atoms with Gasteiger partial charge in [-0.2, -0.15) is 0 Å². The zero-order valence-corrected chi connectivity index (χ0v) is 15.6. The van der Waals surface area contributed by atoms with Crippen LogP contribution in [0.15, 0.2) is 10.2 Å². The van der Waals surface area contributed by atoms with E-state index in [9.17, 15) is 40.5 Å². The first-order valence-corrected chi connectivity index (χ1v) is 8.19. The summed E-state index contributed by atoms with van der Waals surface area (Å²) in [5, 5.41) is 62.9. The Labute approximate surface area is 180 Å². The lowest BCUT2D eigenvalue weighted by Gasteiger charge is -1.97. The second-order valence-electron chi connectivity index (χ2n) is 5.76. The van der Waals surface area contributed by atoms with Crippen molar-refractivity contribution in [3.05, 3.63) is 40.5 Å². The number of aromatic nitrogens is 8. The molecule has 0 atom stereocenters. The van der Waals surface area contributed by atoms with Gasteiger partial charge in [0.1, 0.15) is 0 Å². The van der Waals surface area contributed by atoms with Crippen molar-refractivity contribution in [1.29, 1.82) is 0 Å². The molecule has 0 spiro atoms. The van der Waals surface area contributed by atoms with E-state index in [1.165, 1.54) is 0 Å². The molecule has 24 nitrogen and oxygen atoms in total. The minimum atomic E-state index is -0.997. The number of nitrogens with zero attached hydrogens (tertiary/aromatic N) is 12. The number of H-pyrrole nitrogens is 2. The quantitative estimate of drug-likeness (QED) is 0.152. The number of hydrogen-bond donors (Lipinski definition) is 4. The number of imidazole rings is 2. The van der Waals surface area contributed by atoms with E-state index in [1.54, 1.807) is 10.9 Å². The molecule has 4 heterocycles. The van der Waals surface area contributed by atoms with E-state index in [4.69, 9.17) is 0 Å². The molecule has 172 valence electrons. The van der Waals surface area contributed by atoms with E-state index in [1.807, 2.05) is 0 Å². The molecule has 0 fully saturated rings. The van der Waals surface area contributed by atoms with E-state index in [2.05, 4.69) is 50.6 Å². The Morgan fingerprint density at radius 2 is 1.03 bits per heavy atom. The minimum Gasteiger partial charge on any atom is -0.390 e. The monoisotopic (exact) mass is 476 g/mol. The van der Waals surface area contributed by atoms with E-state index >= 15 is 0 Å². The van der Waals surface area contributed by atoms with Crippen molar-refractivity contribution in [3.8, 4) is 0 Å². The van der Waals surface area contributed by atoms with Crippen LogP contribution in [0.4, 0.5) is 35.2 Å². The first kappa shape index (κ1) is 21.1. The van der Waals surface area contributed by atoms with Crippen molar-refractivity contribution >= 4 is 57.2 Å². The Morgan fingerprint density at radius 1 is 0.647 bits per heavy atom. The molecule has 0 amide bonds. The van der Waals surface area contributed by atoms with Crippen LogP contribution in [0.2, 0.25) is 0 Å². The van der Waals surface area contributed by atoms with Gasteiger partial charge >= 0.3 is 11.9 Å². The molecular formula is C10H4N16O8. The molecule has 0 unspecified atom stereocenters. The van der Waals surface area contributed by atoms with Crippen molar-refractivity contribution in [2.45, 2.75) is 0 Å². The highest BCUT2D eigenvalue weighted by atomic mass is 16.7. The molecule has 0 aliphatic heterocycles. The Hall–Kier alpha value is -6.10. The van der Waals surface area contributed by atoms with Crippen molar-refractivity contribution in [3.63, 3.8) is 0 Å². The van der Waals surface area contributed by atoms with Gasteiger partial charge in [-0.3, -0.25) is 0 Å². The third-order valence-corrected chi connectivity index (χ3v) is 3.75. The van der Waals surface area contributed by atoms with Crippen LogP contribution in [0, 0.1) is 40.5 Å². The first-order chi connectivity index (χ1) is 16.1. The van der Waals surface area contributed by atoms with Crippen LogP contribution in [0.5, 0.6) is 0 Å².